The number of ether oxygens (including phenoxy) is 2. The number of hydrogen-bond donors (Lipinski definition) is 1. The van der Waals surface area contributed by atoms with E-state index in [9.17, 15) is 0 Å². The highest BCUT2D eigenvalue weighted by atomic mass is 32.1. The molecule has 0 aliphatic carbocycles. The van der Waals surface area contributed by atoms with Gasteiger partial charge in [-0.05, 0) is 17.7 Å². The first-order chi connectivity index (χ1) is 8.76. The molecular formula is C12H15N3O2S. The molecule has 6 heteroatoms. The van der Waals surface area contributed by atoms with Crippen LogP contribution in [0.4, 0.5) is 0 Å². The van der Waals surface area contributed by atoms with Crippen molar-refractivity contribution >= 4 is 11.5 Å². The largest absolute Gasteiger partial charge is 0.493 e. The number of hydrogen-bond acceptors (Lipinski definition) is 6. The third kappa shape index (κ3) is 2.77. The third-order valence-electron chi connectivity index (χ3n) is 2.43. The lowest BCUT2D eigenvalue weighted by molar-refractivity contribution is 0.377. The van der Waals surface area contributed by atoms with Crippen molar-refractivity contribution in [2.24, 2.45) is 5.73 Å². The summed E-state index contributed by atoms with van der Waals surface area (Å²) < 4.78 is 15.1. The van der Waals surface area contributed by atoms with Gasteiger partial charge in [0.1, 0.15) is 5.82 Å². The number of rotatable bonds is 5. The van der Waals surface area contributed by atoms with E-state index >= 15 is 0 Å². The summed E-state index contributed by atoms with van der Waals surface area (Å²) in [6.45, 7) is 2.47. The molecule has 0 atom stereocenters. The molecule has 0 bridgehead atoms. The monoisotopic (exact) mass is 265 g/mol. The Labute approximate surface area is 110 Å². The molecule has 0 unspecified atom stereocenters. The van der Waals surface area contributed by atoms with Crippen LogP contribution in [0.5, 0.6) is 16.7 Å². The molecule has 1 aromatic heterocycles. The Kier molecular flexibility index (Phi) is 4.11. The second-order valence-electron chi connectivity index (χ2n) is 3.62. The fourth-order valence-electron chi connectivity index (χ4n) is 1.44. The average Bonchev–Trinajstić information content (AvgIpc) is 2.87. The Morgan fingerprint density at radius 2 is 2.17 bits per heavy atom. The molecule has 0 amide bonds. The number of benzene rings is 1. The summed E-state index contributed by atoms with van der Waals surface area (Å²) in [5.74, 6) is 2.05. The topological polar surface area (TPSA) is 70.3 Å². The molecule has 1 heterocycles. The molecule has 18 heavy (non-hydrogen) atoms. The first kappa shape index (κ1) is 12.8. The maximum atomic E-state index is 5.66. The zero-order chi connectivity index (χ0) is 13.0. The van der Waals surface area contributed by atoms with Crippen molar-refractivity contribution in [2.45, 2.75) is 19.9 Å². The quantitative estimate of drug-likeness (QED) is 0.898. The number of aryl methyl sites for hydroxylation is 1. The normalized spacial score (nSPS) is 10.4. The van der Waals surface area contributed by atoms with Crippen LogP contribution in [-0.4, -0.2) is 16.5 Å². The van der Waals surface area contributed by atoms with Crippen LogP contribution in [0.3, 0.4) is 0 Å². The fraction of sp³-hybridized carbons (Fsp3) is 0.333. The van der Waals surface area contributed by atoms with Crippen molar-refractivity contribution in [2.75, 3.05) is 7.11 Å². The van der Waals surface area contributed by atoms with E-state index in [1.807, 2.05) is 25.1 Å². The Morgan fingerprint density at radius 3 is 2.78 bits per heavy atom. The molecule has 2 aromatic rings. The van der Waals surface area contributed by atoms with E-state index in [1.165, 1.54) is 11.5 Å². The Hall–Kier alpha value is -1.66. The highest BCUT2D eigenvalue weighted by Crippen LogP contribution is 2.32. The SMILES string of the molecule is CCc1nsc(Oc2ccc(CN)cc2OC)n1. The van der Waals surface area contributed by atoms with Gasteiger partial charge in [-0.1, -0.05) is 13.0 Å². The standard InChI is InChI=1S/C12H15N3O2S/c1-3-11-14-12(18-15-11)17-9-5-4-8(7-13)6-10(9)16-2/h4-6H,3,7,13H2,1-2H3. The highest BCUT2D eigenvalue weighted by molar-refractivity contribution is 7.07. The van der Waals surface area contributed by atoms with Crippen LogP contribution in [0.15, 0.2) is 18.2 Å². The Bertz CT molecular complexity index is 528. The van der Waals surface area contributed by atoms with E-state index in [0.717, 1.165) is 17.8 Å². The molecule has 0 saturated heterocycles. The van der Waals surface area contributed by atoms with E-state index in [2.05, 4.69) is 9.36 Å². The number of nitrogens with zero attached hydrogens (tertiary/aromatic N) is 2. The molecule has 2 N–H and O–H groups in total. The smallest absolute Gasteiger partial charge is 0.298 e. The maximum absolute atomic E-state index is 5.66. The summed E-state index contributed by atoms with van der Waals surface area (Å²) in [6.07, 6.45) is 0.795. The molecule has 96 valence electrons. The van der Waals surface area contributed by atoms with Gasteiger partial charge in [0.05, 0.1) is 7.11 Å². The van der Waals surface area contributed by atoms with Gasteiger partial charge in [-0.15, -0.1) is 0 Å². The second kappa shape index (κ2) is 5.79. The summed E-state index contributed by atoms with van der Waals surface area (Å²) in [6, 6.07) is 5.59. The predicted molar refractivity (Wildman–Crippen MR) is 70.2 cm³/mol. The summed E-state index contributed by atoms with van der Waals surface area (Å²) in [4.78, 5) is 4.25. The number of methoxy groups -OCH3 is 1. The van der Waals surface area contributed by atoms with Crippen LogP contribution in [0, 0.1) is 0 Å². The molecule has 0 aliphatic rings. The van der Waals surface area contributed by atoms with Crippen molar-refractivity contribution < 1.29 is 9.47 Å². The molecule has 0 saturated carbocycles. The molecule has 0 radical (unpaired) electrons. The Balaban J connectivity index is 2.22. The van der Waals surface area contributed by atoms with Crippen molar-refractivity contribution in [1.29, 1.82) is 0 Å². The summed E-state index contributed by atoms with van der Waals surface area (Å²) in [7, 11) is 1.60. The van der Waals surface area contributed by atoms with E-state index in [0.29, 0.717) is 23.2 Å². The maximum Gasteiger partial charge on any atom is 0.298 e. The van der Waals surface area contributed by atoms with Gasteiger partial charge in [-0.25, -0.2) is 0 Å². The predicted octanol–water partition coefficient (Wildman–Crippen LogP) is 2.36. The third-order valence-corrected chi connectivity index (χ3v) is 3.06. The van der Waals surface area contributed by atoms with E-state index in [-0.39, 0.29) is 0 Å². The van der Waals surface area contributed by atoms with Gasteiger partial charge in [-0.3, -0.25) is 0 Å². The molecular weight excluding hydrogens is 250 g/mol. The number of aromatic nitrogens is 2. The minimum absolute atomic E-state index is 0.468. The van der Waals surface area contributed by atoms with Crippen LogP contribution in [0.1, 0.15) is 18.3 Å². The molecule has 1 aromatic carbocycles. The second-order valence-corrected chi connectivity index (χ2v) is 4.34. The van der Waals surface area contributed by atoms with E-state index < -0.39 is 0 Å². The zero-order valence-electron chi connectivity index (χ0n) is 10.3. The van der Waals surface area contributed by atoms with E-state index in [1.54, 1.807) is 7.11 Å². The van der Waals surface area contributed by atoms with Crippen molar-refractivity contribution in [3.63, 3.8) is 0 Å². The van der Waals surface area contributed by atoms with Gasteiger partial charge >= 0.3 is 0 Å². The van der Waals surface area contributed by atoms with Crippen molar-refractivity contribution in [3.05, 3.63) is 29.6 Å². The lowest BCUT2D eigenvalue weighted by Gasteiger charge is -2.09. The molecule has 0 fully saturated rings. The van der Waals surface area contributed by atoms with Crippen LogP contribution in [0.25, 0.3) is 0 Å². The van der Waals surface area contributed by atoms with Gasteiger partial charge in [-0.2, -0.15) is 9.36 Å². The first-order valence-corrected chi connectivity index (χ1v) is 6.41. The van der Waals surface area contributed by atoms with Crippen LogP contribution in [-0.2, 0) is 13.0 Å². The lowest BCUT2D eigenvalue weighted by Crippen LogP contribution is -1.98. The van der Waals surface area contributed by atoms with Crippen molar-refractivity contribution in [3.8, 4) is 16.7 Å². The van der Waals surface area contributed by atoms with Gasteiger partial charge in [0.15, 0.2) is 11.5 Å². The first-order valence-electron chi connectivity index (χ1n) is 5.64. The molecule has 0 spiro atoms. The molecule has 5 nitrogen and oxygen atoms in total. The molecule has 0 aliphatic heterocycles. The average molecular weight is 265 g/mol. The summed E-state index contributed by atoms with van der Waals surface area (Å²) in [5.41, 5.74) is 6.57. The summed E-state index contributed by atoms with van der Waals surface area (Å²) >= 11 is 1.23. The minimum Gasteiger partial charge on any atom is -0.493 e. The van der Waals surface area contributed by atoms with Crippen LogP contribution in [0.2, 0.25) is 0 Å². The summed E-state index contributed by atoms with van der Waals surface area (Å²) in [5, 5.41) is 0.519. The minimum atomic E-state index is 0.468. The van der Waals surface area contributed by atoms with Crippen LogP contribution < -0.4 is 15.2 Å². The highest BCUT2D eigenvalue weighted by Gasteiger charge is 2.10. The Morgan fingerprint density at radius 1 is 1.33 bits per heavy atom. The van der Waals surface area contributed by atoms with Crippen LogP contribution >= 0.6 is 11.5 Å². The van der Waals surface area contributed by atoms with Crippen molar-refractivity contribution in [1.82, 2.24) is 9.36 Å². The van der Waals surface area contributed by atoms with E-state index in [4.69, 9.17) is 15.2 Å². The van der Waals surface area contributed by atoms with Gasteiger partial charge in [0.2, 0.25) is 0 Å². The molecule has 2 rings (SSSR count). The number of nitrogens with two attached hydrogens (primary N) is 1. The fourth-order valence-corrected chi connectivity index (χ4v) is 2.07. The van der Waals surface area contributed by atoms with Gasteiger partial charge < -0.3 is 15.2 Å². The lowest BCUT2D eigenvalue weighted by atomic mass is 10.2. The van der Waals surface area contributed by atoms with Gasteiger partial charge in [0, 0.05) is 24.5 Å². The zero-order valence-corrected chi connectivity index (χ0v) is 11.2. The van der Waals surface area contributed by atoms with Gasteiger partial charge in [0.25, 0.3) is 5.19 Å².